The maximum atomic E-state index is 13.7. The maximum Gasteiger partial charge on any atom is 0.421 e. The quantitative estimate of drug-likeness (QED) is 0.260. The van der Waals surface area contributed by atoms with Crippen LogP contribution in [0.15, 0.2) is 29.8 Å². The summed E-state index contributed by atoms with van der Waals surface area (Å²) in [4.78, 5) is 27.8. The van der Waals surface area contributed by atoms with Crippen LogP contribution in [0.3, 0.4) is 0 Å². The van der Waals surface area contributed by atoms with Crippen LogP contribution in [0.1, 0.15) is 73.8 Å². The molecule has 0 unspecified atom stereocenters. The van der Waals surface area contributed by atoms with E-state index < -0.39 is 19.3 Å². The van der Waals surface area contributed by atoms with Gasteiger partial charge in [0.15, 0.2) is 0 Å². The lowest BCUT2D eigenvalue weighted by molar-refractivity contribution is -0.114. The van der Waals surface area contributed by atoms with Crippen molar-refractivity contribution in [1.29, 1.82) is 5.41 Å². The van der Waals surface area contributed by atoms with Crippen LogP contribution in [0, 0.1) is 5.41 Å². The minimum absolute atomic E-state index is 0.113. The molecule has 0 bridgehead atoms. The number of anilines is 1. The molecule has 0 fully saturated rings. The summed E-state index contributed by atoms with van der Waals surface area (Å²) in [6.45, 7) is 19.2. The third-order valence-electron chi connectivity index (χ3n) is 6.18. The van der Waals surface area contributed by atoms with E-state index >= 15 is 0 Å². The molecule has 0 aliphatic heterocycles. The predicted octanol–water partition coefficient (Wildman–Crippen LogP) is 6.72. The fourth-order valence-corrected chi connectivity index (χ4v) is 10.00. The molecule has 2 amide bonds. The van der Waals surface area contributed by atoms with Gasteiger partial charge in [-0.1, -0.05) is 32.0 Å². The summed E-state index contributed by atoms with van der Waals surface area (Å²) >= 11 is 0. The molecule has 0 atom stereocenters. The van der Waals surface area contributed by atoms with Crippen LogP contribution in [0.2, 0.25) is 0 Å². The monoisotopic (exact) mass is 447 g/mol. The zero-order valence-corrected chi connectivity index (χ0v) is 21.5. The summed E-state index contributed by atoms with van der Waals surface area (Å²) in [5.41, 5.74) is 2.81. The second kappa shape index (κ2) is 11.6. The summed E-state index contributed by atoms with van der Waals surface area (Å²) in [7, 11) is -1.67. The van der Waals surface area contributed by atoms with Gasteiger partial charge in [-0.3, -0.25) is 10.2 Å². The molecule has 1 aromatic rings. The Kier molecular flexibility index (Phi) is 10.1. The number of nitrogens with one attached hydrogen (secondary N) is 1. The van der Waals surface area contributed by atoms with Crippen molar-refractivity contribution in [2.45, 2.75) is 85.2 Å². The first-order valence-electron chi connectivity index (χ1n) is 11.2. The Bertz CT molecular complexity index is 802. The molecule has 172 valence electrons. The molecule has 1 N–H and O–H groups in total. The molecule has 1 aromatic carbocycles. The number of ether oxygens (including phenoxy) is 1. The molecule has 0 heterocycles. The highest BCUT2D eigenvalue weighted by Crippen LogP contribution is 2.70. The van der Waals surface area contributed by atoms with Gasteiger partial charge in [-0.25, -0.2) is 9.69 Å². The topological polar surface area (TPSA) is 70.5 Å². The number of benzene rings is 1. The number of hydrogen-bond donors (Lipinski definition) is 1. The van der Waals surface area contributed by atoms with E-state index in [1.807, 2.05) is 32.0 Å². The SMILES string of the molecule is CCOC(=O)N(C(=O)C(=C=N)C[P+](C(C)C)(C(C)C)C(C)C)c1ccccc1C(C)C. The van der Waals surface area contributed by atoms with Crippen molar-refractivity contribution in [3.8, 4) is 0 Å². The van der Waals surface area contributed by atoms with Gasteiger partial charge in [0.1, 0.15) is 5.57 Å². The van der Waals surface area contributed by atoms with Crippen molar-refractivity contribution in [3.05, 3.63) is 35.4 Å². The van der Waals surface area contributed by atoms with Crippen LogP contribution in [0.4, 0.5) is 10.5 Å². The summed E-state index contributed by atoms with van der Waals surface area (Å²) < 4.78 is 5.25. The van der Waals surface area contributed by atoms with Crippen molar-refractivity contribution in [3.63, 3.8) is 0 Å². The minimum atomic E-state index is -1.67. The van der Waals surface area contributed by atoms with E-state index in [1.165, 1.54) is 0 Å². The maximum absolute atomic E-state index is 13.7. The van der Waals surface area contributed by atoms with E-state index in [9.17, 15) is 9.59 Å². The number of carbonyl (C=O) groups excluding carboxylic acids is 2. The Hall–Kier alpha value is -1.96. The second-order valence-electron chi connectivity index (χ2n) is 9.09. The van der Waals surface area contributed by atoms with Crippen LogP contribution >= 0.6 is 7.26 Å². The summed E-state index contributed by atoms with van der Waals surface area (Å²) in [6.07, 6.45) is -0.224. The number of hydrogen-bond acceptors (Lipinski definition) is 4. The molecule has 0 spiro atoms. The number of amides is 2. The molecule has 31 heavy (non-hydrogen) atoms. The molecule has 0 aliphatic rings. The number of carbonyl (C=O) groups is 2. The number of imide groups is 1. The van der Waals surface area contributed by atoms with Gasteiger partial charge in [-0.15, -0.1) is 0 Å². The summed E-state index contributed by atoms with van der Waals surface area (Å²) in [5, 5.41) is 7.96. The van der Waals surface area contributed by atoms with E-state index in [-0.39, 0.29) is 18.1 Å². The standard InChI is InChI=1S/C25H40N2O3P/c1-10-30-25(29)27(23-14-12-11-13-22(23)17(2)3)24(28)21(15-26)16-31(18(4)5,19(6)7)20(8)9/h11-14,17-20,26H,10,16H2,1-9H3/q+1. The van der Waals surface area contributed by atoms with Crippen molar-refractivity contribution in [2.75, 3.05) is 17.7 Å². The lowest BCUT2D eigenvalue weighted by Crippen LogP contribution is -2.41. The molecule has 0 saturated heterocycles. The van der Waals surface area contributed by atoms with Crippen molar-refractivity contribution < 1.29 is 14.3 Å². The molecule has 0 radical (unpaired) electrons. The fraction of sp³-hybridized carbons (Fsp3) is 0.600. The number of nitrogens with zero attached hydrogens (tertiary/aromatic N) is 1. The van der Waals surface area contributed by atoms with Gasteiger partial charge in [0, 0.05) is 7.26 Å². The lowest BCUT2D eigenvalue weighted by Gasteiger charge is -2.38. The van der Waals surface area contributed by atoms with Gasteiger partial charge < -0.3 is 4.74 Å². The third kappa shape index (κ3) is 5.84. The lowest BCUT2D eigenvalue weighted by atomic mass is 10.0. The Balaban J connectivity index is 3.58. The summed E-state index contributed by atoms with van der Waals surface area (Å²) in [6, 6.07) is 7.39. The Labute approximate surface area is 189 Å². The van der Waals surface area contributed by atoms with Crippen LogP contribution < -0.4 is 4.90 Å². The van der Waals surface area contributed by atoms with Gasteiger partial charge in [0.25, 0.3) is 5.91 Å². The van der Waals surface area contributed by atoms with Crippen molar-refractivity contribution in [1.82, 2.24) is 0 Å². The van der Waals surface area contributed by atoms with E-state index in [4.69, 9.17) is 10.1 Å². The first-order valence-corrected chi connectivity index (χ1v) is 13.4. The van der Waals surface area contributed by atoms with Gasteiger partial charge in [0.2, 0.25) is 0 Å². The average Bonchev–Trinajstić information content (AvgIpc) is 2.68. The Morgan fingerprint density at radius 1 is 1.00 bits per heavy atom. The first kappa shape index (κ1) is 27.1. The van der Waals surface area contributed by atoms with Gasteiger partial charge in [-0.2, -0.15) is 0 Å². The number of para-hydroxylation sites is 1. The molecule has 0 aromatic heterocycles. The average molecular weight is 448 g/mol. The predicted molar refractivity (Wildman–Crippen MR) is 133 cm³/mol. The Morgan fingerprint density at radius 3 is 1.94 bits per heavy atom. The van der Waals surface area contributed by atoms with Crippen LogP contribution in [0.25, 0.3) is 0 Å². The fourth-order valence-electron chi connectivity index (χ4n) is 4.56. The molecule has 0 saturated carbocycles. The minimum Gasteiger partial charge on any atom is -0.449 e. The van der Waals surface area contributed by atoms with Gasteiger partial charge in [-0.05, 0) is 71.9 Å². The molecular weight excluding hydrogens is 407 g/mol. The second-order valence-corrected chi connectivity index (χ2v) is 14.5. The highest BCUT2D eigenvalue weighted by molar-refractivity contribution is 7.78. The van der Waals surface area contributed by atoms with E-state index in [0.717, 1.165) is 10.5 Å². The van der Waals surface area contributed by atoms with Crippen LogP contribution in [-0.4, -0.2) is 47.6 Å². The zero-order chi connectivity index (χ0) is 23.9. The molecule has 0 aliphatic carbocycles. The molecule has 5 nitrogen and oxygen atoms in total. The van der Waals surface area contributed by atoms with E-state index in [2.05, 4.69) is 47.4 Å². The highest BCUT2D eigenvalue weighted by atomic mass is 31.2. The van der Waals surface area contributed by atoms with Crippen LogP contribution in [0.5, 0.6) is 0 Å². The van der Waals surface area contributed by atoms with E-state index in [1.54, 1.807) is 13.0 Å². The first-order chi connectivity index (χ1) is 14.4. The van der Waals surface area contributed by atoms with Gasteiger partial charge >= 0.3 is 6.09 Å². The van der Waals surface area contributed by atoms with Crippen molar-refractivity contribution in [2.24, 2.45) is 0 Å². The van der Waals surface area contributed by atoms with Crippen LogP contribution in [-0.2, 0) is 9.53 Å². The largest absolute Gasteiger partial charge is 0.449 e. The zero-order valence-electron chi connectivity index (χ0n) is 20.7. The third-order valence-corrected chi connectivity index (χ3v) is 12.8. The number of rotatable bonds is 9. The molecule has 1 rings (SSSR count). The highest BCUT2D eigenvalue weighted by Gasteiger charge is 2.49. The molecule has 6 heteroatoms. The molecular formula is C25H40N2O3P+. The van der Waals surface area contributed by atoms with E-state index in [0.29, 0.717) is 28.8 Å². The Morgan fingerprint density at radius 2 is 1.52 bits per heavy atom. The van der Waals surface area contributed by atoms with Crippen molar-refractivity contribution >= 4 is 30.8 Å². The summed E-state index contributed by atoms with van der Waals surface area (Å²) in [5.74, 6) is 2.02. The normalized spacial score (nSPS) is 11.8. The van der Waals surface area contributed by atoms with Gasteiger partial charge in [0.05, 0.1) is 35.4 Å². The smallest absolute Gasteiger partial charge is 0.421 e.